The van der Waals surface area contributed by atoms with Crippen LogP contribution < -0.4 is 5.06 Å². The molecule has 26 heavy (non-hydrogen) atoms. The van der Waals surface area contributed by atoms with Crippen molar-refractivity contribution in [2.24, 2.45) is 0 Å². The number of hydrogen-bond donors (Lipinski definition) is 0. The first-order chi connectivity index (χ1) is 12.5. The Labute approximate surface area is 152 Å². The Bertz CT molecular complexity index is 841. The van der Waals surface area contributed by atoms with E-state index in [1.54, 1.807) is 34.2 Å². The van der Waals surface area contributed by atoms with Gasteiger partial charge in [-0.2, -0.15) is 5.26 Å². The lowest BCUT2D eigenvalue weighted by molar-refractivity contribution is 0.0422. The summed E-state index contributed by atoms with van der Waals surface area (Å²) in [6.45, 7) is 7.07. The average Bonchev–Trinajstić information content (AvgIpc) is 2.82. The maximum atomic E-state index is 12.9. The molecular weight excluding hydrogens is 330 g/mol. The quantitative estimate of drug-likeness (QED) is 0.825. The summed E-state index contributed by atoms with van der Waals surface area (Å²) in [5, 5.41) is 11.0. The van der Waals surface area contributed by atoms with Gasteiger partial charge in [-0.25, -0.2) is 15.0 Å². The Kier molecular flexibility index (Phi) is 5.14. The van der Waals surface area contributed by atoms with E-state index in [1.165, 1.54) is 0 Å². The lowest BCUT2D eigenvalue weighted by atomic mass is 10.1. The molecule has 0 bridgehead atoms. The van der Waals surface area contributed by atoms with Crippen LogP contribution in [0.3, 0.4) is 0 Å². The normalized spacial score (nSPS) is 17.5. The van der Waals surface area contributed by atoms with Crippen molar-refractivity contribution in [3.05, 3.63) is 53.0 Å². The number of carbonyl (C=O) groups is 1. The number of aromatic nitrogens is 2. The van der Waals surface area contributed by atoms with Gasteiger partial charge in [-0.05, 0) is 32.9 Å². The second-order valence-corrected chi connectivity index (χ2v) is 6.34. The highest BCUT2D eigenvalue weighted by Gasteiger charge is 2.27. The summed E-state index contributed by atoms with van der Waals surface area (Å²) in [5.74, 6) is 1.21. The second kappa shape index (κ2) is 7.50. The van der Waals surface area contributed by atoms with Crippen LogP contribution >= 0.6 is 0 Å². The monoisotopic (exact) mass is 351 g/mol. The standard InChI is InChI=1S/C19H21N5O2/c1-13-10-18(22-15(3)21-13)24-9-8-23(12-14(2)26-24)19(25)17-7-5-4-6-16(17)11-20/h4-7,10,14H,8-9,12H2,1-3H3. The summed E-state index contributed by atoms with van der Waals surface area (Å²) in [6, 6.07) is 10.8. The number of nitriles is 1. The Morgan fingerprint density at radius 1 is 1.27 bits per heavy atom. The first-order valence-corrected chi connectivity index (χ1v) is 8.53. The van der Waals surface area contributed by atoms with Gasteiger partial charge >= 0.3 is 0 Å². The molecule has 2 aromatic rings. The number of anilines is 1. The third-order valence-corrected chi connectivity index (χ3v) is 4.13. The van der Waals surface area contributed by atoms with Crippen molar-refractivity contribution < 1.29 is 9.63 Å². The van der Waals surface area contributed by atoms with Crippen LogP contribution in [0.4, 0.5) is 5.82 Å². The predicted octanol–water partition coefficient (Wildman–Crippen LogP) is 2.25. The van der Waals surface area contributed by atoms with Crippen molar-refractivity contribution >= 4 is 11.7 Å². The van der Waals surface area contributed by atoms with Crippen LogP contribution in [0.2, 0.25) is 0 Å². The van der Waals surface area contributed by atoms with E-state index in [0.717, 1.165) is 5.69 Å². The molecule has 7 nitrogen and oxygen atoms in total. The lowest BCUT2D eigenvalue weighted by Crippen LogP contribution is -2.37. The van der Waals surface area contributed by atoms with Crippen molar-refractivity contribution in [3.8, 4) is 6.07 Å². The van der Waals surface area contributed by atoms with Crippen LogP contribution in [0.15, 0.2) is 30.3 Å². The number of hydroxylamine groups is 1. The smallest absolute Gasteiger partial charge is 0.255 e. The first-order valence-electron chi connectivity index (χ1n) is 8.53. The van der Waals surface area contributed by atoms with Crippen molar-refractivity contribution in [2.45, 2.75) is 26.9 Å². The fraction of sp³-hybridized carbons (Fsp3) is 0.368. The second-order valence-electron chi connectivity index (χ2n) is 6.34. The van der Waals surface area contributed by atoms with Gasteiger partial charge in [0, 0.05) is 24.8 Å². The molecule has 7 heteroatoms. The minimum atomic E-state index is -0.203. The lowest BCUT2D eigenvalue weighted by Gasteiger charge is -2.22. The molecule has 0 N–H and O–H groups in total. The van der Waals surface area contributed by atoms with Crippen molar-refractivity contribution in [1.82, 2.24) is 14.9 Å². The zero-order chi connectivity index (χ0) is 18.7. The first kappa shape index (κ1) is 17.8. The van der Waals surface area contributed by atoms with Gasteiger partial charge in [-0.15, -0.1) is 0 Å². The van der Waals surface area contributed by atoms with Crippen LogP contribution in [0.5, 0.6) is 0 Å². The Morgan fingerprint density at radius 2 is 2.04 bits per heavy atom. The van der Waals surface area contributed by atoms with E-state index in [2.05, 4.69) is 16.0 Å². The molecule has 2 heterocycles. The van der Waals surface area contributed by atoms with Gasteiger partial charge in [0.25, 0.3) is 5.91 Å². The summed E-state index contributed by atoms with van der Waals surface area (Å²) in [7, 11) is 0. The zero-order valence-electron chi connectivity index (χ0n) is 15.1. The molecule has 1 aromatic heterocycles. The van der Waals surface area contributed by atoms with Crippen LogP contribution in [-0.4, -0.2) is 46.5 Å². The fourth-order valence-corrected chi connectivity index (χ4v) is 3.03. The SMILES string of the molecule is Cc1cc(N2CCN(C(=O)c3ccccc3C#N)CC(C)O2)nc(C)n1. The van der Waals surface area contributed by atoms with Gasteiger partial charge in [0.1, 0.15) is 11.9 Å². The molecule has 1 amide bonds. The number of hydrogen-bond acceptors (Lipinski definition) is 6. The third kappa shape index (κ3) is 3.81. The van der Waals surface area contributed by atoms with Gasteiger partial charge in [-0.3, -0.25) is 9.63 Å². The molecule has 1 aliphatic heterocycles. The average molecular weight is 351 g/mol. The van der Waals surface area contributed by atoms with Gasteiger partial charge in [0.05, 0.1) is 23.7 Å². The highest BCUT2D eigenvalue weighted by molar-refractivity contribution is 5.96. The van der Waals surface area contributed by atoms with Gasteiger partial charge in [0.2, 0.25) is 0 Å². The highest BCUT2D eigenvalue weighted by atomic mass is 16.7. The van der Waals surface area contributed by atoms with E-state index in [0.29, 0.717) is 42.4 Å². The molecular formula is C19H21N5O2. The van der Waals surface area contributed by atoms with Gasteiger partial charge in [-0.1, -0.05) is 12.1 Å². The topological polar surface area (TPSA) is 82.4 Å². The number of aryl methyl sites for hydroxylation is 2. The molecule has 0 spiro atoms. The van der Waals surface area contributed by atoms with E-state index in [1.807, 2.05) is 26.8 Å². The van der Waals surface area contributed by atoms with Crippen LogP contribution in [0.25, 0.3) is 0 Å². The Morgan fingerprint density at radius 3 is 2.77 bits per heavy atom. The third-order valence-electron chi connectivity index (χ3n) is 4.13. The maximum Gasteiger partial charge on any atom is 0.255 e. The molecule has 1 unspecified atom stereocenters. The largest absolute Gasteiger partial charge is 0.334 e. The molecule has 1 aromatic carbocycles. The molecule has 1 saturated heterocycles. The molecule has 134 valence electrons. The zero-order valence-corrected chi connectivity index (χ0v) is 15.1. The van der Waals surface area contributed by atoms with Crippen molar-refractivity contribution in [1.29, 1.82) is 5.26 Å². The Balaban J connectivity index is 1.81. The predicted molar refractivity (Wildman–Crippen MR) is 96.5 cm³/mol. The summed E-state index contributed by atoms with van der Waals surface area (Å²) >= 11 is 0. The number of benzene rings is 1. The van der Waals surface area contributed by atoms with E-state index >= 15 is 0 Å². The van der Waals surface area contributed by atoms with Crippen LogP contribution in [0, 0.1) is 25.2 Å². The van der Waals surface area contributed by atoms with E-state index in [-0.39, 0.29) is 12.0 Å². The van der Waals surface area contributed by atoms with E-state index in [9.17, 15) is 10.1 Å². The molecule has 3 rings (SSSR count). The summed E-state index contributed by atoms with van der Waals surface area (Å²) in [6.07, 6.45) is -0.203. The minimum Gasteiger partial charge on any atom is -0.334 e. The minimum absolute atomic E-state index is 0.158. The summed E-state index contributed by atoms with van der Waals surface area (Å²) in [5.41, 5.74) is 1.67. The number of carbonyl (C=O) groups excluding carboxylic acids is 1. The molecule has 1 fully saturated rings. The number of amides is 1. The number of nitrogens with zero attached hydrogens (tertiary/aromatic N) is 5. The molecule has 1 atom stereocenters. The molecule has 0 saturated carbocycles. The van der Waals surface area contributed by atoms with Gasteiger partial charge in [0.15, 0.2) is 5.82 Å². The molecule has 0 aliphatic carbocycles. The van der Waals surface area contributed by atoms with Gasteiger partial charge < -0.3 is 4.90 Å². The Hall–Kier alpha value is -2.98. The van der Waals surface area contributed by atoms with E-state index < -0.39 is 0 Å². The number of rotatable bonds is 2. The summed E-state index contributed by atoms with van der Waals surface area (Å²) < 4.78 is 0. The van der Waals surface area contributed by atoms with E-state index in [4.69, 9.17) is 4.84 Å². The molecule has 0 radical (unpaired) electrons. The van der Waals surface area contributed by atoms with Crippen molar-refractivity contribution in [2.75, 3.05) is 24.7 Å². The highest BCUT2D eigenvalue weighted by Crippen LogP contribution is 2.19. The maximum absolute atomic E-state index is 12.9. The van der Waals surface area contributed by atoms with Crippen molar-refractivity contribution in [3.63, 3.8) is 0 Å². The molecule has 1 aliphatic rings. The summed E-state index contributed by atoms with van der Waals surface area (Å²) in [4.78, 5) is 29.3. The van der Waals surface area contributed by atoms with Crippen LogP contribution in [-0.2, 0) is 4.84 Å². The van der Waals surface area contributed by atoms with Crippen LogP contribution in [0.1, 0.15) is 34.4 Å². The fourth-order valence-electron chi connectivity index (χ4n) is 3.03.